The second-order valence-corrected chi connectivity index (χ2v) is 6.30. The third-order valence-corrected chi connectivity index (χ3v) is 4.54. The summed E-state index contributed by atoms with van der Waals surface area (Å²) in [4.78, 5) is 18.8. The summed E-state index contributed by atoms with van der Waals surface area (Å²) in [5.74, 6) is -0.0784. The van der Waals surface area contributed by atoms with E-state index in [1.54, 1.807) is 6.20 Å². The predicted octanol–water partition coefficient (Wildman–Crippen LogP) is 3.56. The predicted molar refractivity (Wildman–Crippen MR) is 97.3 cm³/mol. The van der Waals surface area contributed by atoms with Crippen LogP contribution < -0.4 is 10.2 Å². The monoisotopic (exact) mass is 323 g/mol. The van der Waals surface area contributed by atoms with Crippen LogP contribution in [0.5, 0.6) is 0 Å². The van der Waals surface area contributed by atoms with Gasteiger partial charge in [-0.2, -0.15) is 0 Å². The number of rotatable bonds is 6. The van der Waals surface area contributed by atoms with Gasteiger partial charge >= 0.3 is 0 Å². The molecule has 3 rings (SSSR count). The highest BCUT2D eigenvalue weighted by Crippen LogP contribution is 2.24. The molecule has 0 bridgehead atoms. The minimum Gasteiger partial charge on any atom is -0.367 e. The van der Waals surface area contributed by atoms with Crippen LogP contribution in [-0.4, -0.2) is 24.0 Å². The summed E-state index contributed by atoms with van der Waals surface area (Å²) in [6.45, 7) is 4.73. The van der Waals surface area contributed by atoms with Crippen molar-refractivity contribution in [2.45, 2.75) is 39.2 Å². The van der Waals surface area contributed by atoms with Crippen LogP contribution in [0.1, 0.15) is 47.8 Å². The summed E-state index contributed by atoms with van der Waals surface area (Å²) in [6.07, 6.45) is 6.08. The van der Waals surface area contributed by atoms with Gasteiger partial charge < -0.3 is 10.2 Å². The molecule has 1 aromatic heterocycles. The summed E-state index contributed by atoms with van der Waals surface area (Å²) in [7, 11) is 0. The van der Waals surface area contributed by atoms with Crippen molar-refractivity contribution in [2.24, 2.45) is 0 Å². The fraction of sp³-hybridized carbons (Fsp3) is 0.400. The molecule has 1 amide bonds. The molecule has 0 saturated carbocycles. The number of pyridine rings is 1. The number of unbranched alkanes of at least 4 members (excludes halogenated alkanes) is 2. The number of carbonyl (C=O) groups is 1. The number of carbonyl (C=O) groups excluding carboxylic acids is 1. The van der Waals surface area contributed by atoms with Gasteiger partial charge in [-0.3, -0.25) is 9.78 Å². The Morgan fingerprint density at radius 1 is 1.21 bits per heavy atom. The van der Waals surface area contributed by atoms with Gasteiger partial charge in [0.05, 0.1) is 0 Å². The molecule has 1 aliphatic rings. The largest absolute Gasteiger partial charge is 0.367 e. The van der Waals surface area contributed by atoms with Crippen LogP contribution in [-0.2, 0) is 13.0 Å². The molecule has 0 aliphatic carbocycles. The number of amides is 1. The van der Waals surface area contributed by atoms with Crippen LogP contribution in [0.3, 0.4) is 0 Å². The average molecular weight is 323 g/mol. The lowest BCUT2D eigenvalue weighted by atomic mass is 9.99. The second-order valence-electron chi connectivity index (χ2n) is 6.30. The molecule has 2 aromatic rings. The molecule has 4 heteroatoms. The van der Waals surface area contributed by atoms with Gasteiger partial charge in [0.2, 0.25) is 0 Å². The summed E-state index contributed by atoms with van der Waals surface area (Å²) in [6, 6.07) is 12.5. The van der Waals surface area contributed by atoms with E-state index >= 15 is 0 Å². The van der Waals surface area contributed by atoms with E-state index in [0.29, 0.717) is 5.69 Å². The molecular formula is C20H25N3O. The molecule has 0 unspecified atom stereocenters. The van der Waals surface area contributed by atoms with Crippen LogP contribution >= 0.6 is 0 Å². The van der Waals surface area contributed by atoms with Crippen LogP contribution in [0.15, 0.2) is 42.6 Å². The minimum absolute atomic E-state index is 0.0784. The van der Waals surface area contributed by atoms with Gasteiger partial charge in [-0.05, 0) is 36.1 Å². The maximum Gasteiger partial charge on any atom is 0.269 e. The lowest BCUT2D eigenvalue weighted by molar-refractivity contribution is 0.0948. The van der Waals surface area contributed by atoms with Gasteiger partial charge in [0.1, 0.15) is 5.69 Å². The van der Waals surface area contributed by atoms with Crippen LogP contribution in [0.4, 0.5) is 5.69 Å². The highest BCUT2D eigenvalue weighted by molar-refractivity contribution is 5.93. The van der Waals surface area contributed by atoms with E-state index < -0.39 is 0 Å². The molecule has 0 radical (unpaired) electrons. The minimum atomic E-state index is -0.0784. The molecule has 0 fully saturated rings. The molecule has 1 aliphatic heterocycles. The van der Waals surface area contributed by atoms with Gasteiger partial charge in [0.25, 0.3) is 5.91 Å². The molecule has 126 valence electrons. The number of fused-ring (bicyclic) bond motifs is 1. The topological polar surface area (TPSA) is 45.2 Å². The van der Waals surface area contributed by atoms with E-state index in [2.05, 4.69) is 46.4 Å². The van der Waals surface area contributed by atoms with E-state index in [1.807, 2.05) is 12.1 Å². The maximum atomic E-state index is 12.2. The second kappa shape index (κ2) is 7.95. The number of nitrogens with one attached hydrogen (secondary N) is 1. The average Bonchev–Trinajstić information content (AvgIpc) is 2.65. The van der Waals surface area contributed by atoms with Crippen molar-refractivity contribution in [1.29, 1.82) is 0 Å². The van der Waals surface area contributed by atoms with Crippen molar-refractivity contribution >= 4 is 11.6 Å². The number of hydrogen-bond acceptors (Lipinski definition) is 3. The zero-order valence-electron chi connectivity index (χ0n) is 14.3. The molecule has 1 N–H and O–H groups in total. The lowest BCUT2D eigenvalue weighted by Crippen LogP contribution is -2.31. The molecule has 0 atom stereocenters. The van der Waals surface area contributed by atoms with E-state index in [4.69, 9.17) is 0 Å². The number of hydrogen-bond donors (Lipinski definition) is 1. The Morgan fingerprint density at radius 2 is 2.04 bits per heavy atom. The van der Waals surface area contributed by atoms with Crippen molar-refractivity contribution in [3.05, 3.63) is 59.4 Å². The Kier molecular flexibility index (Phi) is 5.47. The Balaban J connectivity index is 1.66. The number of benzene rings is 1. The van der Waals surface area contributed by atoms with Crippen molar-refractivity contribution in [3.63, 3.8) is 0 Å². The standard InChI is InChI=1S/C20H25N3O/c1-2-3-6-11-22-20(24)19-14-18(9-12-21-19)23-13-10-16-7-4-5-8-17(16)15-23/h4-5,7-9,12,14H,2-3,6,10-11,13,15H2,1H3,(H,22,24). The summed E-state index contributed by atoms with van der Waals surface area (Å²) >= 11 is 0. The van der Waals surface area contributed by atoms with Crippen molar-refractivity contribution in [3.8, 4) is 0 Å². The van der Waals surface area contributed by atoms with E-state index in [-0.39, 0.29) is 5.91 Å². The Hall–Kier alpha value is -2.36. The fourth-order valence-corrected chi connectivity index (χ4v) is 3.12. The third-order valence-electron chi connectivity index (χ3n) is 4.54. The van der Waals surface area contributed by atoms with Crippen molar-refractivity contribution < 1.29 is 4.79 Å². The first-order chi connectivity index (χ1) is 11.8. The first kappa shape index (κ1) is 16.5. The fourth-order valence-electron chi connectivity index (χ4n) is 3.12. The first-order valence-electron chi connectivity index (χ1n) is 8.84. The highest BCUT2D eigenvalue weighted by Gasteiger charge is 2.17. The smallest absolute Gasteiger partial charge is 0.269 e. The van der Waals surface area contributed by atoms with Crippen LogP contribution in [0.25, 0.3) is 0 Å². The van der Waals surface area contributed by atoms with Gasteiger partial charge in [-0.1, -0.05) is 44.0 Å². The SMILES string of the molecule is CCCCCNC(=O)c1cc(N2CCc3ccccc3C2)ccn1. The lowest BCUT2D eigenvalue weighted by Gasteiger charge is -2.30. The molecular weight excluding hydrogens is 298 g/mol. The molecule has 4 nitrogen and oxygen atoms in total. The van der Waals surface area contributed by atoms with Gasteiger partial charge in [-0.25, -0.2) is 0 Å². The highest BCUT2D eigenvalue weighted by atomic mass is 16.1. The third kappa shape index (κ3) is 3.94. The quantitative estimate of drug-likeness (QED) is 0.827. The molecule has 24 heavy (non-hydrogen) atoms. The first-order valence-corrected chi connectivity index (χ1v) is 8.84. The maximum absolute atomic E-state index is 12.2. The van der Waals surface area contributed by atoms with Crippen molar-refractivity contribution in [2.75, 3.05) is 18.0 Å². The summed E-state index contributed by atoms with van der Waals surface area (Å²) < 4.78 is 0. The van der Waals surface area contributed by atoms with E-state index in [0.717, 1.165) is 51.0 Å². The zero-order valence-corrected chi connectivity index (χ0v) is 14.3. The van der Waals surface area contributed by atoms with E-state index in [1.165, 1.54) is 11.1 Å². The van der Waals surface area contributed by atoms with Crippen LogP contribution in [0.2, 0.25) is 0 Å². The van der Waals surface area contributed by atoms with Gasteiger partial charge in [0.15, 0.2) is 0 Å². The number of aromatic nitrogens is 1. The molecule has 2 heterocycles. The number of nitrogens with zero attached hydrogens (tertiary/aromatic N) is 2. The normalized spacial score (nSPS) is 13.5. The molecule has 1 aromatic carbocycles. The van der Waals surface area contributed by atoms with Gasteiger partial charge in [0, 0.05) is 31.5 Å². The molecule has 0 spiro atoms. The molecule has 0 saturated heterocycles. The van der Waals surface area contributed by atoms with Crippen LogP contribution in [0, 0.1) is 0 Å². The zero-order chi connectivity index (χ0) is 16.8. The van der Waals surface area contributed by atoms with Gasteiger partial charge in [-0.15, -0.1) is 0 Å². The Labute approximate surface area is 143 Å². The Morgan fingerprint density at radius 3 is 2.88 bits per heavy atom. The number of anilines is 1. The summed E-state index contributed by atoms with van der Waals surface area (Å²) in [5, 5.41) is 2.96. The van der Waals surface area contributed by atoms with E-state index in [9.17, 15) is 4.79 Å². The summed E-state index contributed by atoms with van der Waals surface area (Å²) in [5.41, 5.74) is 4.36. The Bertz CT molecular complexity index is 699. The van der Waals surface area contributed by atoms with Crippen molar-refractivity contribution in [1.82, 2.24) is 10.3 Å².